The fraction of sp³-hybridized carbons (Fsp3) is 0.646. The van der Waals surface area contributed by atoms with Crippen LogP contribution in [-0.4, -0.2) is 42.2 Å². The lowest BCUT2D eigenvalue weighted by molar-refractivity contribution is 0.00703. The van der Waals surface area contributed by atoms with E-state index in [0.29, 0.717) is 65.1 Å². The molecule has 5 aliphatic heterocycles. The van der Waals surface area contributed by atoms with Gasteiger partial charge in [0.25, 0.3) is 0 Å². The van der Waals surface area contributed by atoms with Crippen molar-refractivity contribution in [3.8, 4) is 40.2 Å². The Labute approximate surface area is 732 Å². The molecule has 0 fully saturated rings. The fourth-order valence-corrected chi connectivity index (χ4v) is 23.0. The predicted octanol–water partition coefficient (Wildman–Crippen LogP) is 32.1. The second kappa shape index (κ2) is 38.1. The molecule has 660 valence electrons. The summed E-state index contributed by atoms with van der Waals surface area (Å²) in [6.45, 7) is 64.1. The van der Waals surface area contributed by atoms with Crippen LogP contribution in [0.15, 0.2) is 137 Å². The number of methoxy groups -OCH3 is 2. The van der Waals surface area contributed by atoms with Gasteiger partial charge >= 0.3 is 0 Å². The molecule has 5 aromatic rings. The van der Waals surface area contributed by atoms with Crippen LogP contribution in [0.1, 0.15) is 414 Å². The molecule has 7 nitrogen and oxygen atoms in total. The van der Waals surface area contributed by atoms with Gasteiger partial charge in [0.2, 0.25) is 0 Å². The first-order valence-electron chi connectivity index (χ1n) is 48.0. The number of unbranched alkanes of at least 4 members (excludes halogenated alkanes) is 4. The summed E-state index contributed by atoms with van der Waals surface area (Å²) in [4.78, 5) is 0. The highest BCUT2D eigenvalue weighted by Gasteiger charge is 2.51. The quantitative estimate of drug-likeness (QED) is 0.0568. The van der Waals surface area contributed by atoms with Crippen molar-refractivity contribution in [2.24, 2.45) is 41.4 Å². The van der Waals surface area contributed by atoms with E-state index in [9.17, 15) is 0 Å². The third-order valence-corrected chi connectivity index (χ3v) is 31.6. The van der Waals surface area contributed by atoms with Gasteiger partial charge in [-0.05, 0) is 333 Å². The number of aryl methyl sites for hydroxylation is 1. The first kappa shape index (κ1) is 94.1. The van der Waals surface area contributed by atoms with Crippen LogP contribution in [0.3, 0.4) is 0 Å². The Morgan fingerprint density at radius 1 is 0.367 bits per heavy atom. The zero-order chi connectivity index (χ0) is 87.6. The molecule has 0 bridgehead atoms. The second-order valence-electron chi connectivity index (χ2n) is 43.9. The minimum atomic E-state index is -0.154. The Hall–Kier alpha value is -6.60. The van der Waals surface area contributed by atoms with Gasteiger partial charge in [-0.2, -0.15) is 0 Å². The molecule has 0 spiro atoms. The summed E-state index contributed by atoms with van der Waals surface area (Å²) in [5.41, 5.74) is 21.3. The van der Waals surface area contributed by atoms with Crippen molar-refractivity contribution >= 4 is 0 Å². The van der Waals surface area contributed by atoms with Crippen molar-refractivity contribution in [1.82, 2.24) is 0 Å². The van der Waals surface area contributed by atoms with Gasteiger partial charge in [0.1, 0.15) is 68.3 Å². The van der Waals surface area contributed by atoms with Crippen LogP contribution in [0.4, 0.5) is 0 Å². The highest BCUT2D eigenvalue weighted by Crippen LogP contribution is 2.60. The lowest BCUT2D eigenvalue weighted by Crippen LogP contribution is -2.45. The second-order valence-corrected chi connectivity index (χ2v) is 43.9. The predicted molar refractivity (Wildman–Crippen MR) is 509 cm³/mol. The SMILES string of the molecule is CCCC(C)(C)c1ccc2c(c1)OC(C)(C)[C@@H]1CC=C(C)C[C@@H]21.CCCCCC(C)(C)c1cc(OC)c2c(c1)OC(C)(C)[C@@H]1CC=C(C)C[C@@H]21.CCCCCc1ccc2c(c1)OC(C)(C)[C@@H]1CC=C(C)C[C@@H]21.CC[C@@H](C)C(C)(C)c1cc(OC)c2c(c1)OC(C)(C)[C@@H]1CC=C(C)C[C@@H]21.CC[C@H](C)Cc1ccc2c(c1)OC(C)(C)[C@@H]1CC=C(C)C[C@@H]21. The van der Waals surface area contributed by atoms with Crippen LogP contribution >= 0.6 is 0 Å². The van der Waals surface area contributed by atoms with E-state index in [4.69, 9.17) is 33.2 Å². The first-order valence-corrected chi connectivity index (χ1v) is 48.0. The number of allylic oxidation sites excluding steroid dienone is 10. The van der Waals surface area contributed by atoms with Crippen LogP contribution < -0.4 is 33.2 Å². The number of fused-ring (bicyclic) bond motifs is 15. The van der Waals surface area contributed by atoms with E-state index in [1.54, 1.807) is 7.11 Å². The summed E-state index contributed by atoms with van der Waals surface area (Å²) in [5.74, 6) is 14.5. The Balaban J connectivity index is 0.000000147. The maximum atomic E-state index is 6.62. The zero-order valence-electron chi connectivity index (χ0n) is 81.4. The van der Waals surface area contributed by atoms with E-state index >= 15 is 0 Å². The van der Waals surface area contributed by atoms with E-state index in [1.165, 1.54) is 173 Å². The molecule has 0 aromatic heterocycles. The van der Waals surface area contributed by atoms with E-state index in [0.717, 1.165) is 104 Å². The minimum absolute atomic E-state index is 0.0586. The van der Waals surface area contributed by atoms with Crippen molar-refractivity contribution in [2.45, 2.75) is 415 Å². The minimum Gasteiger partial charge on any atom is -0.496 e. The normalized spacial score (nSPS) is 25.5. The third-order valence-electron chi connectivity index (χ3n) is 31.6. The van der Waals surface area contributed by atoms with Gasteiger partial charge in [0.05, 0.1) is 14.2 Å². The van der Waals surface area contributed by atoms with E-state index < -0.39 is 0 Å². The lowest BCUT2D eigenvalue weighted by Gasteiger charge is -2.47. The topological polar surface area (TPSA) is 64.6 Å². The number of hydrogen-bond acceptors (Lipinski definition) is 7. The number of rotatable bonds is 20. The highest BCUT2D eigenvalue weighted by atomic mass is 16.5. The third kappa shape index (κ3) is 20.8. The lowest BCUT2D eigenvalue weighted by atomic mass is 9.66. The van der Waals surface area contributed by atoms with Gasteiger partial charge in [0.15, 0.2) is 0 Å². The molecular weight excluding hydrogens is 1470 g/mol. The molecule has 5 aliphatic carbocycles. The van der Waals surface area contributed by atoms with Crippen molar-refractivity contribution in [1.29, 1.82) is 0 Å². The Morgan fingerprint density at radius 2 is 0.708 bits per heavy atom. The van der Waals surface area contributed by atoms with Gasteiger partial charge in [0, 0.05) is 52.6 Å². The number of ether oxygens (including phenoxy) is 7. The van der Waals surface area contributed by atoms with Gasteiger partial charge in [-0.15, -0.1) is 0 Å². The van der Waals surface area contributed by atoms with Crippen LogP contribution in [0.5, 0.6) is 40.2 Å². The largest absolute Gasteiger partial charge is 0.496 e. The van der Waals surface area contributed by atoms with Crippen molar-refractivity contribution in [3.05, 3.63) is 193 Å². The summed E-state index contributed by atoms with van der Waals surface area (Å²) in [6, 6.07) is 30.2. The summed E-state index contributed by atoms with van der Waals surface area (Å²) < 4.78 is 44.5. The molecule has 0 N–H and O–H groups in total. The molecule has 5 aromatic carbocycles. The summed E-state index contributed by atoms with van der Waals surface area (Å²) in [7, 11) is 3.61. The Bertz CT molecular complexity index is 4510. The standard InChI is InChI=1S/C25H38O2.C24H36O2.C22H32O.2C21H30O/c1-8-9-10-13-24(3,4)18-15-21(26-7)23-19-14-17(2)11-12-20(19)25(5,6)27-22(23)16-18;1-9-16(3)23(4,5)17-13-20(25-8)22-18-12-15(2)10-11-19(18)24(6,7)26-21(22)14-17;1-7-12-21(3,4)16-9-10-17-18-13-15(2)8-11-19(18)22(5,6)23-20(17)14-16;1-6-14(2)11-16-8-9-17-18-12-15(3)7-10-19(18)21(4,5)22-20(17)13-16;1-5-6-7-8-16-10-11-17-18-13-15(2)9-12-19(18)21(3,4)22-20(17)14-16/h11,15-16,19-20H,8-10,12-14H2,1-7H3;10,13-14,16,18-19H,9,11-12H2,1-8H3;8-10,14,18-19H,7,11-13H2,1-6H3;7-9,13-14,18-19H,6,10-12H2,1-5H3;9-11,14,18-19H,5-8,12-13H2,1-4H3/t19-,20-;16-,18-,19-;18-,19+;14-,18-,19+;18-,19+/m11000/s1. The maximum Gasteiger partial charge on any atom is 0.127 e. The van der Waals surface area contributed by atoms with Crippen LogP contribution in [0, 0.1) is 41.4 Å². The molecule has 10 aliphatic rings. The van der Waals surface area contributed by atoms with Crippen LogP contribution in [-0.2, 0) is 29.1 Å². The van der Waals surface area contributed by atoms with E-state index in [1.807, 2.05) is 7.11 Å². The molecule has 0 radical (unpaired) electrons. The van der Waals surface area contributed by atoms with Gasteiger partial charge in [-0.3, -0.25) is 0 Å². The number of hydrogen-bond donors (Lipinski definition) is 0. The van der Waals surface area contributed by atoms with E-state index in [-0.39, 0.29) is 44.3 Å². The Kier molecular flexibility index (Phi) is 29.9. The molecule has 0 saturated carbocycles. The summed E-state index contributed by atoms with van der Waals surface area (Å²) in [5, 5.41) is 0. The van der Waals surface area contributed by atoms with Crippen molar-refractivity contribution < 1.29 is 33.2 Å². The van der Waals surface area contributed by atoms with Crippen LogP contribution in [0.2, 0.25) is 0 Å². The van der Waals surface area contributed by atoms with Gasteiger partial charge < -0.3 is 33.2 Å². The Morgan fingerprint density at radius 3 is 1.11 bits per heavy atom. The first-order chi connectivity index (χ1) is 56.5. The molecule has 0 saturated heterocycles. The van der Waals surface area contributed by atoms with Gasteiger partial charge in [-0.1, -0.05) is 236 Å². The highest BCUT2D eigenvalue weighted by molar-refractivity contribution is 5.57. The average molecular weight is 1640 g/mol. The molecule has 5 heterocycles. The molecule has 15 rings (SSSR count). The molecular formula is C113H166O7. The average Bonchev–Trinajstić information content (AvgIpc) is 0.750. The molecule has 7 heteroatoms. The van der Waals surface area contributed by atoms with Crippen LogP contribution in [0.25, 0.3) is 0 Å². The van der Waals surface area contributed by atoms with E-state index in [2.05, 4.69) is 303 Å². The molecule has 0 unspecified atom stereocenters. The molecule has 0 amide bonds. The number of benzene rings is 5. The van der Waals surface area contributed by atoms with Crippen molar-refractivity contribution in [2.75, 3.05) is 14.2 Å². The monoisotopic (exact) mass is 1640 g/mol. The van der Waals surface area contributed by atoms with Gasteiger partial charge in [-0.25, -0.2) is 0 Å². The summed E-state index contributed by atoms with van der Waals surface area (Å²) in [6.07, 6.45) is 39.5. The maximum absolute atomic E-state index is 6.62. The smallest absolute Gasteiger partial charge is 0.127 e. The molecule has 120 heavy (non-hydrogen) atoms. The fourth-order valence-electron chi connectivity index (χ4n) is 23.0. The zero-order valence-corrected chi connectivity index (χ0v) is 81.4. The summed E-state index contributed by atoms with van der Waals surface area (Å²) >= 11 is 0. The van der Waals surface area contributed by atoms with Crippen molar-refractivity contribution in [3.63, 3.8) is 0 Å². The molecule has 12 atom stereocenters.